The van der Waals surface area contributed by atoms with E-state index >= 15 is 0 Å². The van der Waals surface area contributed by atoms with Crippen LogP contribution >= 0.6 is 0 Å². The zero-order valence-corrected chi connectivity index (χ0v) is 16.2. The number of nitrogens with one attached hydrogen (secondary N) is 1. The van der Waals surface area contributed by atoms with Gasteiger partial charge in [-0.15, -0.1) is 0 Å². The molecule has 3 aromatic carbocycles. The Hall–Kier alpha value is -4.46. The molecule has 0 aliphatic heterocycles. The molecule has 0 saturated carbocycles. The first kappa shape index (κ1) is 19.8. The number of hydrogen-bond donors (Lipinski definition) is 2. The summed E-state index contributed by atoms with van der Waals surface area (Å²) >= 11 is 0. The Kier molecular flexibility index (Phi) is 5.44. The Morgan fingerprint density at radius 3 is 2.45 bits per heavy atom. The number of rotatable bonds is 6. The molecule has 2 amide bonds. The largest absolute Gasteiger partial charge is 0.457 e. The van der Waals surface area contributed by atoms with Gasteiger partial charge in [0.1, 0.15) is 23.0 Å². The molecule has 4 aromatic rings. The van der Waals surface area contributed by atoms with Crippen molar-refractivity contribution in [3.05, 3.63) is 102 Å². The summed E-state index contributed by atoms with van der Waals surface area (Å²) in [6.07, 6.45) is 2.82. The number of amides is 2. The van der Waals surface area contributed by atoms with Crippen LogP contribution in [0.4, 0.5) is 10.1 Å². The molecule has 8 heteroatoms. The topological polar surface area (TPSA) is 99.2 Å². The predicted molar refractivity (Wildman–Crippen MR) is 113 cm³/mol. The molecular weight excluding hydrogens is 399 g/mol. The molecule has 0 saturated heterocycles. The van der Waals surface area contributed by atoms with Crippen LogP contribution in [-0.4, -0.2) is 21.6 Å². The van der Waals surface area contributed by atoms with E-state index in [1.54, 1.807) is 66.7 Å². The minimum Gasteiger partial charge on any atom is -0.457 e. The first-order valence-electron chi connectivity index (χ1n) is 9.28. The molecular formula is C23H17FN4O3. The summed E-state index contributed by atoms with van der Waals surface area (Å²) in [5.41, 5.74) is 6.70. The van der Waals surface area contributed by atoms with Crippen molar-refractivity contribution in [2.45, 2.75) is 0 Å². The van der Waals surface area contributed by atoms with Gasteiger partial charge in [-0.05, 0) is 54.6 Å². The summed E-state index contributed by atoms with van der Waals surface area (Å²) in [5, 5.41) is 6.80. The Morgan fingerprint density at radius 1 is 0.935 bits per heavy atom. The zero-order valence-electron chi connectivity index (χ0n) is 16.2. The quantitative estimate of drug-likeness (QED) is 0.493. The lowest BCUT2D eigenvalue weighted by Crippen LogP contribution is -2.11. The smallest absolute Gasteiger partial charge is 0.258 e. The zero-order chi connectivity index (χ0) is 21.8. The molecule has 31 heavy (non-hydrogen) atoms. The van der Waals surface area contributed by atoms with Gasteiger partial charge in [0.05, 0.1) is 11.8 Å². The molecule has 154 valence electrons. The normalized spacial score (nSPS) is 10.5. The van der Waals surface area contributed by atoms with Gasteiger partial charge < -0.3 is 15.8 Å². The van der Waals surface area contributed by atoms with E-state index in [9.17, 15) is 14.0 Å². The molecule has 3 N–H and O–H groups in total. The second-order valence-corrected chi connectivity index (χ2v) is 6.60. The van der Waals surface area contributed by atoms with Gasteiger partial charge in [0.25, 0.3) is 5.91 Å². The van der Waals surface area contributed by atoms with Crippen LogP contribution in [0.1, 0.15) is 20.7 Å². The average molecular weight is 416 g/mol. The van der Waals surface area contributed by atoms with Gasteiger partial charge in [-0.2, -0.15) is 5.10 Å². The van der Waals surface area contributed by atoms with E-state index in [2.05, 4.69) is 10.4 Å². The number of primary amides is 1. The molecule has 4 rings (SSSR count). The Labute approximate surface area is 176 Å². The van der Waals surface area contributed by atoms with E-state index in [-0.39, 0.29) is 17.2 Å². The van der Waals surface area contributed by atoms with E-state index < -0.39 is 11.7 Å². The molecule has 0 bridgehead atoms. The van der Waals surface area contributed by atoms with Crippen LogP contribution in [0.15, 0.2) is 85.2 Å². The SMILES string of the molecule is NC(=O)c1cccc(Oc2ccc(NC(=O)c3cnn(-c4ccccc4F)c3)cc2)c1. The van der Waals surface area contributed by atoms with Crippen LogP contribution in [0.25, 0.3) is 5.69 Å². The molecule has 7 nitrogen and oxygen atoms in total. The maximum atomic E-state index is 13.9. The highest BCUT2D eigenvalue weighted by atomic mass is 19.1. The summed E-state index contributed by atoms with van der Waals surface area (Å²) in [6.45, 7) is 0. The maximum Gasteiger partial charge on any atom is 0.258 e. The number of para-hydroxylation sites is 1. The fraction of sp³-hybridized carbons (Fsp3) is 0. The van der Waals surface area contributed by atoms with Gasteiger partial charge in [-0.1, -0.05) is 18.2 Å². The first-order chi connectivity index (χ1) is 15.0. The summed E-state index contributed by atoms with van der Waals surface area (Å²) in [7, 11) is 0. The Bertz CT molecular complexity index is 1250. The van der Waals surface area contributed by atoms with E-state index in [1.807, 2.05) is 0 Å². The third-order valence-corrected chi connectivity index (χ3v) is 4.41. The van der Waals surface area contributed by atoms with E-state index in [4.69, 9.17) is 10.5 Å². The maximum absolute atomic E-state index is 13.9. The number of hydrogen-bond acceptors (Lipinski definition) is 4. The van der Waals surface area contributed by atoms with Crippen molar-refractivity contribution in [2.75, 3.05) is 5.32 Å². The lowest BCUT2D eigenvalue weighted by molar-refractivity contribution is 0.0997. The highest BCUT2D eigenvalue weighted by Crippen LogP contribution is 2.24. The number of nitrogens with two attached hydrogens (primary N) is 1. The molecule has 0 unspecified atom stereocenters. The fourth-order valence-electron chi connectivity index (χ4n) is 2.87. The van der Waals surface area contributed by atoms with Crippen LogP contribution in [-0.2, 0) is 0 Å². The van der Waals surface area contributed by atoms with Crippen molar-refractivity contribution in [1.29, 1.82) is 0 Å². The Morgan fingerprint density at radius 2 is 1.71 bits per heavy atom. The van der Waals surface area contributed by atoms with E-state index in [0.717, 1.165) is 0 Å². The highest BCUT2D eigenvalue weighted by Gasteiger charge is 2.12. The monoisotopic (exact) mass is 416 g/mol. The molecule has 0 radical (unpaired) electrons. The van der Waals surface area contributed by atoms with E-state index in [0.29, 0.717) is 22.7 Å². The van der Waals surface area contributed by atoms with Crippen molar-refractivity contribution in [3.8, 4) is 17.2 Å². The molecule has 0 aliphatic rings. The lowest BCUT2D eigenvalue weighted by atomic mass is 10.2. The van der Waals surface area contributed by atoms with Gasteiger partial charge in [0.2, 0.25) is 5.91 Å². The lowest BCUT2D eigenvalue weighted by Gasteiger charge is -2.08. The van der Waals surface area contributed by atoms with Crippen molar-refractivity contribution >= 4 is 17.5 Å². The standard InChI is InChI=1S/C23H17FN4O3/c24-20-6-1-2-7-21(20)28-14-16(13-26-28)23(30)27-17-8-10-18(11-9-17)31-19-5-3-4-15(12-19)22(25)29/h1-14H,(H2,25,29)(H,27,30). The number of anilines is 1. The fourth-order valence-corrected chi connectivity index (χ4v) is 2.87. The van der Waals surface area contributed by atoms with Gasteiger partial charge in [0, 0.05) is 17.4 Å². The van der Waals surface area contributed by atoms with Crippen LogP contribution in [0, 0.1) is 5.82 Å². The van der Waals surface area contributed by atoms with Crippen LogP contribution in [0.5, 0.6) is 11.5 Å². The third-order valence-electron chi connectivity index (χ3n) is 4.41. The van der Waals surface area contributed by atoms with Crippen LogP contribution < -0.4 is 15.8 Å². The third kappa shape index (κ3) is 4.59. The summed E-state index contributed by atoms with van der Waals surface area (Å²) in [5.74, 6) is -0.373. The second-order valence-electron chi connectivity index (χ2n) is 6.60. The minimum atomic E-state index is -0.540. The van der Waals surface area contributed by atoms with Crippen molar-refractivity contribution < 1.29 is 18.7 Å². The van der Waals surface area contributed by atoms with Crippen LogP contribution in [0.2, 0.25) is 0 Å². The number of ether oxygens (including phenoxy) is 1. The predicted octanol–water partition coefficient (Wildman–Crippen LogP) is 4.15. The Balaban J connectivity index is 1.42. The van der Waals surface area contributed by atoms with Crippen molar-refractivity contribution in [1.82, 2.24) is 9.78 Å². The highest BCUT2D eigenvalue weighted by molar-refractivity contribution is 6.04. The van der Waals surface area contributed by atoms with Crippen LogP contribution in [0.3, 0.4) is 0 Å². The summed E-state index contributed by atoms with van der Waals surface area (Å²) in [6, 6.07) is 19.4. The number of benzene rings is 3. The molecule has 1 aromatic heterocycles. The van der Waals surface area contributed by atoms with Crippen molar-refractivity contribution in [3.63, 3.8) is 0 Å². The van der Waals surface area contributed by atoms with Gasteiger partial charge in [-0.25, -0.2) is 9.07 Å². The van der Waals surface area contributed by atoms with Crippen molar-refractivity contribution in [2.24, 2.45) is 5.73 Å². The minimum absolute atomic E-state index is 0.253. The van der Waals surface area contributed by atoms with Gasteiger partial charge >= 0.3 is 0 Å². The average Bonchev–Trinajstić information content (AvgIpc) is 3.26. The number of carbonyl (C=O) groups excluding carboxylic acids is 2. The molecule has 0 aliphatic carbocycles. The molecule has 0 fully saturated rings. The number of carbonyl (C=O) groups is 2. The van der Waals surface area contributed by atoms with Gasteiger partial charge in [-0.3, -0.25) is 9.59 Å². The first-order valence-corrected chi connectivity index (χ1v) is 9.28. The summed E-state index contributed by atoms with van der Waals surface area (Å²) < 4.78 is 20.9. The number of halogens is 1. The molecule has 1 heterocycles. The summed E-state index contributed by atoms with van der Waals surface area (Å²) in [4.78, 5) is 23.8. The molecule has 0 atom stereocenters. The van der Waals surface area contributed by atoms with E-state index in [1.165, 1.54) is 23.1 Å². The number of nitrogens with zero attached hydrogens (tertiary/aromatic N) is 2. The second kappa shape index (κ2) is 8.50. The van der Waals surface area contributed by atoms with Gasteiger partial charge in [0.15, 0.2) is 0 Å². The number of aromatic nitrogens is 2. The molecule has 0 spiro atoms.